The Balaban J connectivity index is 2.83. The summed E-state index contributed by atoms with van der Waals surface area (Å²) >= 11 is 0. The van der Waals surface area contributed by atoms with Gasteiger partial charge >= 0.3 is 0 Å². The van der Waals surface area contributed by atoms with Crippen LogP contribution in [0.5, 0.6) is 0 Å². The van der Waals surface area contributed by atoms with Gasteiger partial charge in [0.05, 0.1) is 6.61 Å². The lowest BCUT2D eigenvalue weighted by Crippen LogP contribution is -2.22. The van der Waals surface area contributed by atoms with Gasteiger partial charge in [-0.2, -0.15) is 0 Å². The molecule has 0 aliphatic heterocycles. The third-order valence-electron chi connectivity index (χ3n) is 2.27. The second-order valence-corrected chi connectivity index (χ2v) is 3.53. The maximum absolute atomic E-state index is 9.38. The van der Waals surface area contributed by atoms with E-state index in [0.29, 0.717) is 13.2 Å². The molecule has 0 radical (unpaired) electrons. The number of benzene rings is 1. The lowest BCUT2D eigenvalue weighted by Gasteiger charge is -2.19. The zero-order valence-corrected chi connectivity index (χ0v) is 10.4. The van der Waals surface area contributed by atoms with Crippen molar-refractivity contribution in [2.24, 2.45) is 0 Å². The quantitative estimate of drug-likeness (QED) is 0.739. The fourth-order valence-electron chi connectivity index (χ4n) is 1.52. The highest BCUT2D eigenvalue weighted by Crippen LogP contribution is 2.13. The van der Waals surface area contributed by atoms with Gasteiger partial charge in [-0.05, 0) is 25.5 Å². The highest BCUT2D eigenvalue weighted by Gasteiger charge is 2.13. The summed E-state index contributed by atoms with van der Waals surface area (Å²) in [6.45, 7) is 4.85. The SMILES string of the molecule is CCOC(OCC)/C(=C/c1ccccc1)CO. The van der Waals surface area contributed by atoms with E-state index in [4.69, 9.17) is 9.47 Å². The molecule has 0 spiro atoms. The van der Waals surface area contributed by atoms with E-state index in [2.05, 4.69) is 0 Å². The lowest BCUT2D eigenvalue weighted by molar-refractivity contribution is -0.114. The first kappa shape index (κ1) is 13.9. The minimum atomic E-state index is -0.463. The van der Waals surface area contributed by atoms with Crippen LogP contribution in [0.3, 0.4) is 0 Å². The van der Waals surface area contributed by atoms with E-state index in [1.807, 2.05) is 50.3 Å². The zero-order valence-electron chi connectivity index (χ0n) is 10.4. The molecule has 0 aliphatic carbocycles. The molecule has 0 saturated heterocycles. The van der Waals surface area contributed by atoms with Crippen molar-refractivity contribution in [2.45, 2.75) is 20.1 Å². The molecule has 1 N–H and O–H groups in total. The summed E-state index contributed by atoms with van der Waals surface area (Å²) in [6, 6.07) is 9.82. The lowest BCUT2D eigenvalue weighted by atomic mass is 10.1. The molecule has 0 bridgehead atoms. The number of hydrogen-bond donors (Lipinski definition) is 1. The molecule has 17 heavy (non-hydrogen) atoms. The van der Waals surface area contributed by atoms with Gasteiger partial charge in [0.15, 0.2) is 6.29 Å². The van der Waals surface area contributed by atoms with Gasteiger partial charge in [0.25, 0.3) is 0 Å². The number of rotatable bonds is 7. The first-order valence-electron chi connectivity index (χ1n) is 5.91. The number of aliphatic hydroxyl groups is 1. The van der Waals surface area contributed by atoms with E-state index in [0.717, 1.165) is 11.1 Å². The molecule has 1 aromatic rings. The van der Waals surface area contributed by atoms with E-state index >= 15 is 0 Å². The number of hydrogen-bond acceptors (Lipinski definition) is 3. The van der Waals surface area contributed by atoms with Gasteiger partial charge in [-0.25, -0.2) is 0 Å². The van der Waals surface area contributed by atoms with E-state index in [-0.39, 0.29) is 6.61 Å². The van der Waals surface area contributed by atoms with Gasteiger partial charge in [0.2, 0.25) is 0 Å². The van der Waals surface area contributed by atoms with E-state index in [1.54, 1.807) is 0 Å². The van der Waals surface area contributed by atoms with Crippen molar-refractivity contribution >= 4 is 6.08 Å². The van der Waals surface area contributed by atoms with Crippen molar-refractivity contribution in [2.75, 3.05) is 19.8 Å². The molecular weight excluding hydrogens is 216 g/mol. The second-order valence-electron chi connectivity index (χ2n) is 3.53. The van der Waals surface area contributed by atoms with Crippen LogP contribution in [-0.2, 0) is 9.47 Å². The summed E-state index contributed by atoms with van der Waals surface area (Å²) in [4.78, 5) is 0. The van der Waals surface area contributed by atoms with Crippen LogP contribution in [0, 0.1) is 0 Å². The van der Waals surface area contributed by atoms with Crippen molar-refractivity contribution in [3.63, 3.8) is 0 Å². The van der Waals surface area contributed by atoms with Gasteiger partial charge in [-0.1, -0.05) is 30.3 Å². The van der Waals surface area contributed by atoms with Crippen molar-refractivity contribution in [3.8, 4) is 0 Å². The standard InChI is InChI=1S/C14H20O3/c1-3-16-14(17-4-2)13(11-15)10-12-8-6-5-7-9-12/h5-10,14-15H,3-4,11H2,1-2H3/b13-10+. The molecule has 0 saturated carbocycles. The smallest absolute Gasteiger partial charge is 0.182 e. The highest BCUT2D eigenvalue weighted by molar-refractivity contribution is 5.53. The Bertz CT molecular complexity index is 327. The van der Waals surface area contributed by atoms with E-state index < -0.39 is 6.29 Å². The molecule has 0 aliphatic rings. The molecular formula is C14H20O3. The molecule has 1 rings (SSSR count). The van der Waals surface area contributed by atoms with Gasteiger partial charge in [0.1, 0.15) is 0 Å². The minimum absolute atomic E-state index is 0.0699. The molecule has 3 heteroatoms. The number of ether oxygens (including phenoxy) is 2. The molecule has 0 fully saturated rings. The van der Waals surface area contributed by atoms with E-state index in [9.17, 15) is 5.11 Å². The minimum Gasteiger partial charge on any atom is -0.392 e. The number of aliphatic hydroxyl groups excluding tert-OH is 1. The van der Waals surface area contributed by atoms with Gasteiger partial charge in [0, 0.05) is 18.8 Å². The average molecular weight is 236 g/mol. The maximum atomic E-state index is 9.38. The molecule has 0 atom stereocenters. The van der Waals surface area contributed by atoms with Crippen LogP contribution in [0.4, 0.5) is 0 Å². The molecule has 0 unspecified atom stereocenters. The molecule has 3 nitrogen and oxygen atoms in total. The monoisotopic (exact) mass is 236 g/mol. The van der Waals surface area contributed by atoms with Crippen LogP contribution >= 0.6 is 0 Å². The summed E-state index contributed by atoms with van der Waals surface area (Å²) in [7, 11) is 0. The molecule has 1 aromatic carbocycles. The Kier molecular flexibility index (Phi) is 6.55. The summed E-state index contributed by atoms with van der Waals surface area (Å²) in [5.41, 5.74) is 1.76. The van der Waals surface area contributed by atoms with Gasteiger partial charge in [-0.3, -0.25) is 0 Å². The Morgan fingerprint density at radius 2 is 1.76 bits per heavy atom. The summed E-state index contributed by atoms with van der Waals surface area (Å²) in [5, 5.41) is 9.38. The Labute approximate surface area is 103 Å². The molecule has 0 heterocycles. The third kappa shape index (κ3) is 4.69. The third-order valence-corrected chi connectivity index (χ3v) is 2.27. The Hall–Kier alpha value is -1.16. The van der Waals surface area contributed by atoms with Gasteiger partial charge < -0.3 is 14.6 Å². The van der Waals surface area contributed by atoms with Crippen LogP contribution in [0.15, 0.2) is 35.9 Å². The fraction of sp³-hybridized carbons (Fsp3) is 0.429. The summed E-state index contributed by atoms with van der Waals surface area (Å²) < 4.78 is 10.9. The second kappa shape index (κ2) is 8.01. The summed E-state index contributed by atoms with van der Waals surface area (Å²) in [6.07, 6.45) is 1.44. The predicted molar refractivity (Wildman–Crippen MR) is 68.5 cm³/mol. The van der Waals surface area contributed by atoms with Crippen molar-refractivity contribution in [1.82, 2.24) is 0 Å². The molecule has 94 valence electrons. The van der Waals surface area contributed by atoms with Crippen LogP contribution in [-0.4, -0.2) is 31.2 Å². The Morgan fingerprint density at radius 1 is 1.18 bits per heavy atom. The fourth-order valence-corrected chi connectivity index (χ4v) is 1.52. The Morgan fingerprint density at radius 3 is 2.24 bits per heavy atom. The first-order valence-corrected chi connectivity index (χ1v) is 5.91. The summed E-state index contributed by atoms with van der Waals surface area (Å²) in [5.74, 6) is 0. The molecule has 0 amide bonds. The average Bonchev–Trinajstić information content (AvgIpc) is 2.37. The van der Waals surface area contributed by atoms with E-state index in [1.165, 1.54) is 0 Å². The zero-order chi connectivity index (χ0) is 12.5. The highest BCUT2D eigenvalue weighted by atomic mass is 16.7. The van der Waals surface area contributed by atoms with Crippen molar-refractivity contribution in [1.29, 1.82) is 0 Å². The first-order chi connectivity index (χ1) is 8.31. The van der Waals surface area contributed by atoms with Crippen molar-refractivity contribution < 1.29 is 14.6 Å². The maximum Gasteiger partial charge on any atom is 0.182 e. The molecule has 0 aromatic heterocycles. The van der Waals surface area contributed by atoms with Crippen LogP contribution in [0.25, 0.3) is 6.08 Å². The van der Waals surface area contributed by atoms with Crippen LogP contribution in [0.2, 0.25) is 0 Å². The van der Waals surface area contributed by atoms with Gasteiger partial charge in [-0.15, -0.1) is 0 Å². The topological polar surface area (TPSA) is 38.7 Å². The van der Waals surface area contributed by atoms with Crippen LogP contribution < -0.4 is 0 Å². The van der Waals surface area contributed by atoms with Crippen LogP contribution in [0.1, 0.15) is 19.4 Å². The largest absolute Gasteiger partial charge is 0.392 e. The normalized spacial score (nSPS) is 12.1. The predicted octanol–water partition coefficient (Wildman–Crippen LogP) is 2.46. The van der Waals surface area contributed by atoms with Crippen molar-refractivity contribution in [3.05, 3.63) is 41.5 Å².